The maximum absolute atomic E-state index is 2.39. The number of benzene rings is 3. The van der Waals surface area contributed by atoms with Gasteiger partial charge in [0.05, 0.1) is 11.4 Å². The summed E-state index contributed by atoms with van der Waals surface area (Å²) in [5.74, 6) is 0. The summed E-state index contributed by atoms with van der Waals surface area (Å²) in [5, 5.41) is 5.46. The van der Waals surface area contributed by atoms with E-state index in [4.69, 9.17) is 0 Å². The summed E-state index contributed by atoms with van der Waals surface area (Å²) in [4.78, 5) is 4.79. The van der Waals surface area contributed by atoms with E-state index < -0.39 is 0 Å². The Balaban J connectivity index is 2.64. The Morgan fingerprint density at radius 1 is 0.538 bits per heavy atom. The highest BCUT2D eigenvalue weighted by Crippen LogP contribution is 2.44. The third-order valence-electron chi connectivity index (χ3n) is 6.00. The zero-order valence-corrected chi connectivity index (χ0v) is 17.6. The van der Waals surface area contributed by atoms with Gasteiger partial charge in [0, 0.05) is 48.7 Å². The van der Waals surface area contributed by atoms with Crippen molar-refractivity contribution in [3.05, 3.63) is 46.5 Å². The van der Waals surface area contributed by atoms with Crippen LogP contribution in [0.5, 0.6) is 0 Å². The Hall–Kier alpha value is -2.22. The molecule has 0 radical (unpaired) electrons. The second-order valence-electron chi connectivity index (χ2n) is 7.69. The van der Waals surface area contributed by atoms with Crippen LogP contribution in [-0.2, 0) is 0 Å². The standard InChI is InChI=1S/C24H32N2/c1-9-25(7)23-19-11-15(3)17(5)13-21(19)24(26(8)10-2)22-14-18(6)16(4)12-20(22)23/h11-14H,9-10H2,1-8H3. The van der Waals surface area contributed by atoms with E-state index in [2.05, 4.69) is 89.7 Å². The van der Waals surface area contributed by atoms with Crippen LogP contribution in [0.25, 0.3) is 21.5 Å². The molecule has 0 saturated carbocycles. The molecule has 0 fully saturated rings. The van der Waals surface area contributed by atoms with Gasteiger partial charge in [-0.1, -0.05) is 0 Å². The van der Waals surface area contributed by atoms with Crippen molar-refractivity contribution in [3.63, 3.8) is 0 Å². The Morgan fingerprint density at radius 2 is 0.769 bits per heavy atom. The molecule has 0 atom stereocenters. The maximum Gasteiger partial charge on any atom is 0.0524 e. The van der Waals surface area contributed by atoms with Gasteiger partial charge in [-0.05, 0) is 88.1 Å². The van der Waals surface area contributed by atoms with Crippen LogP contribution < -0.4 is 9.80 Å². The van der Waals surface area contributed by atoms with Gasteiger partial charge < -0.3 is 9.80 Å². The third kappa shape index (κ3) is 2.82. The highest BCUT2D eigenvalue weighted by atomic mass is 15.1. The summed E-state index contributed by atoms with van der Waals surface area (Å²) < 4.78 is 0. The molecule has 0 aliphatic carbocycles. The maximum atomic E-state index is 2.39. The lowest BCUT2D eigenvalue weighted by Crippen LogP contribution is -2.20. The molecule has 2 heteroatoms. The molecule has 0 unspecified atom stereocenters. The molecular weight excluding hydrogens is 316 g/mol. The Bertz CT molecular complexity index is 836. The van der Waals surface area contributed by atoms with Crippen LogP contribution >= 0.6 is 0 Å². The fraction of sp³-hybridized carbons (Fsp3) is 0.417. The second kappa shape index (κ2) is 6.83. The average Bonchev–Trinajstić information content (AvgIpc) is 2.61. The Labute approximate surface area is 158 Å². The van der Waals surface area contributed by atoms with Gasteiger partial charge in [-0.15, -0.1) is 0 Å². The minimum atomic E-state index is 0.993. The van der Waals surface area contributed by atoms with Crippen molar-refractivity contribution >= 4 is 32.9 Å². The fourth-order valence-electron chi connectivity index (χ4n) is 3.84. The van der Waals surface area contributed by atoms with E-state index in [0.717, 1.165) is 13.1 Å². The van der Waals surface area contributed by atoms with Crippen LogP contribution in [0.15, 0.2) is 24.3 Å². The van der Waals surface area contributed by atoms with Crippen LogP contribution in [-0.4, -0.2) is 27.2 Å². The zero-order chi connectivity index (χ0) is 19.2. The molecule has 0 aromatic heterocycles. The average molecular weight is 349 g/mol. The normalized spacial score (nSPS) is 11.4. The molecule has 3 rings (SSSR count). The third-order valence-corrected chi connectivity index (χ3v) is 6.00. The summed E-state index contributed by atoms with van der Waals surface area (Å²) in [6.07, 6.45) is 0. The molecule has 0 spiro atoms. The number of nitrogens with zero attached hydrogens (tertiary/aromatic N) is 2. The van der Waals surface area contributed by atoms with Crippen LogP contribution in [0.4, 0.5) is 11.4 Å². The highest BCUT2D eigenvalue weighted by molar-refractivity contribution is 6.20. The number of anilines is 2. The molecule has 138 valence electrons. The lowest BCUT2D eigenvalue weighted by atomic mass is 9.91. The molecule has 3 aromatic carbocycles. The van der Waals surface area contributed by atoms with Gasteiger partial charge in [0.25, 0.3) is 0 Å². The van der Waals surface area contributed by atoms with Crippen molar-refractivity contribution in [2.45, 2.75) is 41.5 Å². The minimum absolute atomic E-state index is 0.993. The van der Waals surface area contributed by atoms with Gasteiger partial charge in [0.1, 0.15) is 0 Å². The summed E-state index contributed by atoms with van der Waals surface area (Å²) in [7, 11) is 4.42. The predicted molar refractivity (Wildman–Crippen MR) is 118 cm³/mol. The fourth-order valence-corrected chi connectivity index (χ4v) is 3.84. The van der Waals surface area contributed by atoms with E-state index in [9.17, 15) is 0 Å². The summed E-state index contributed by atoms with van der Waals surface area (Å²) in [5.41, 5.74) is 8.15. The number of fused-ring (bicyclic) bond motifs is 2. The van der Waals surface area contributed by atoms with Crippen molar-refractivity contribution in [3.8, 4) is 0 Å². The SMILES string of the molecule is CCN(C)c1c2cc(C)c(C)cc2c(N(C)CC)c2cc(C)c(C)cc12. The first-order valence-corrected chi connectivity index (χ1v) is 9.70. The lowest BCUT2D eigenvalue weighted by molar-refractivity contribution is 0.971. The summed E-state index contributed by atoms with van der Waals surface area (Å²) >= 11 is 0. The van der Waals surface area contributed by atoms with Crippen molar-refractivity contribution in [2.24, 2.45) is 0 Å². The van der Waals surface area contributed by atoms with Crippen LogP contribution in [0, 0.1) is 27.7 Å². The topological polar surface area (TPSA) is 6.48 Å². The smallest absolute Gasteiger partial charge is 0.0524 e. The monoisotopic (exact) mass is 348 g/mol. The Morgan fingerprint density at radius 3 is 0.962 bits per heavy atom. The van der Waals surface area contributed by atoms with Crippen molar-refractivity contribution < 1.29 is 0 Å². The molecule has 0 heterocycles. The number of hydrogen-bond acceptors (Lipinski definition) is 2. The first-order chi connectivity index (χ1) is 12.3. The molecule has 0 bridgehead atoms. The predicted octanol–water partition coefficient (Wildman–Crippen LogP) is 6.14. The van der Waals surface area contributed by atoms with Gasteiger partial charge in [-0.2, -0.15) is 0 Å². The lowest BCUT2D eigenvalue weighted by Gasteiger charge is -2.28. The van der Waals surface area contributed by atoms with Crippen molar-refractivity contribution in [1.82, 2.24) is 0 Å². The van der Waals surface area contributed by atoms with Gasteiger partial charge in [0.2, 0.25) is 0 Å². The first kappa shape index (κ1) is 18.6. The van der Waals surface area contributed by atoms with E-state index in [1.807, 2.05) is 0 Å². The van der Waals surface area contributed by atoms with Gasteiger partial charge in [0.15, 0.2) is 0 Å². The molecule has 2 nitrogen and oxygen atoms in total. The molecule has 26 heavy (non-hydrogen) atoms. The van der Waals surface area contributed by atoms with Crippen LogP contribution in [0.3, 0.4) is 0 Å². The number of rotatable bonds is 4. The van der Waals surface area contributed by atoms with Gasteiger partial charge >= 0.3 is 0 Å². The van der Waals surface area contributed by atoms with E-state index >= 15 is 0 Å². The van der Waals surface area contributed by atoms with E-state index in [0.29, 0.717) is 0 Å². The second-order valence-corrected chi connectivity index (χ2v) is 7.69. The largest absolute Gasteiger partial charge is 0.374 e. The zero-order valence-electron chi connectivity index (χ0n) is 17.6. The number of aryl methyl sites for hydroxylation is 4. The molecule has 0 saturated heterocycles. The highest BCUT2D eigenvalue weighted by Gasteiger charge is 2.19. The molecule has 0 aliphatic heterocycles. The molecular formula is C24H32N2. The Kier molecular flexibility index (Phi) is 4.88. The summed E-state index contributed by atoms with van der Waals surface area (Å²) in [6, 6.07) is 9.53. The van der Waals surface area contributed by atoms with Gasteiger partial charge in [-0.25, -0.2) is 0 Å². The molecule has 0 aliphatic rings. The number of hydrogen-bond donors (Lipinski definition) is 0. The van der Waals surface area contributed by atoms with Crippen molar-refractivity contribution in [2.75, 3.05) is 37.0 Å². The van der Waals surface area contributed by atoms with E-state index in [-0.39, 0.29) is 0 Å². The molecule has 3 aromatic rings. The van der Waals surface area contributed by atoms with Crippen LogP contribution in [0.2, 0.25) is 0 Å². The van der Waals surface area contributed by atoms with Gasteiger partial charge in [-0.3, -0.25) is 0 Å². The molecule has 0 amide bonds. The van der Waals surface area contributed by atoms with E-state index in [1.165, 1.54) is 55.2 Å². The molecule has 0 N–H and O–H groups in total. The van der Waals surface area contributed by atoms with Crippen molar-refractivity contribution in [1.29, 1.82) is 0 Å². The summed E-state index contributed by atoms with van der Waals surface area (Å²) in [6.45, 7) is 15.3. The minimum Gasteiger partial charge on any atom is -0.374 e. The quantitative estimate of drug-likeness (QED) is 0.413. The van der Waals surface area contributed by atoms with E-state index in [1.54, 1.807) is 0 Å². The van der Waals surface area contributed by atoms with Crippen LogP contribution in [0.1, 0.15) is 36.1 Å². The first-order valence-electron chi connectivity index (χ1n) is 9.70.